The molecule has 0 aromatic carbocycles. The van der Waals surface area contributed by atoms with E-state index < -0.39 is 36.3 Å². The van der Waals surface area contributed by atoms with E-state index in [-0.39, 0.29) is 17.4 Å². The van der Waals surface area contributed by atoms with Crippen LogP contribution in [0, 0.1) is 17.3 Å². The minimum Gasteiger partial charge on any atom is -0.388 e. The molecule has 1 spiro atoms. The summed E-state index contributed by atoms with van der Waals surface area (Å²) < 4.78 is 11.8. The van der Waals surface area contributed by atoms with Crippen molar-refractivity contribution in [3.8, 4) is 0 Å². The Morgan fingerprint density at radius 1 is 1.07 bits per heavy atom. The Hall–Kier alpha value is -0.540. The quantitative estimate of drug-likeness (QED) is 0.326. The van der Waals surface area contributed by atoms with E-state index in [0.717, 1.165) is 37.7 Å². The normalized spacial score (nSPS) is 47.6. The van der Waals surface area contributed by atoms with Crippen LogP contribution in [-0.4, -0.2) is 63.0 Å². The summed E-state index contributed by atoms with van der Waals surface area (Å²) in [5, 5.41) is 39.5. The zero-order valence-corrected chi connectivity index (χ0v) is 17.4. The summed E-state index contributed by atoms with van der Waals surface area (Å²) in [7, 11) is 0. The zero-order chi connectivity index (χ0) is 20.9. The number of hydrogen-bond donors (Lipinski definition) is 4. The fourth-order valence-electron chi connectivity index (χ4n) is 5.52. The van der Waals surface area contributed by atoms with Gasteiger partial charge in [0.2, 0.25) is 0 Å². The van der Waals surface area contributed by atoms with Gasteiger partial charge in [-0.15, -0.1) is 0 Å². The molecule has 0 aromatic rings. The average molecular weight is 401 g/mol. The van der Waals surface area contributed by atoms with Gasteiger partial charge in [0.15, 0.2) is 6.29 Å². The first-order valence-electron chi connectivity index (χ1n) is 10.4. The van der Waals surface area contributed by atoms with Gasteiger partial charge in [-0.3, -0.25) is 5.26 Å². The first kappa shape index (κ1) is 22.2. The molecule has 2 aliphatic carbocycles. The van der Waals surface area contributed by atoms with Crippen LogP contribution in [0.3, 0.4) is 0 Å². The smallest absolute Gasteiger partial charge is 0.187 e. The molecule has 1 aliphatic heterocycles. The van der Waals surface area contributed by atoms with Gasteiger partial charge in [-0.05, 0) is 75.7 Å². The first-order chi connectivity index (χ1) is 13.0. The van der Waals surface area contributed by atoms with Gasteiger partial charge in [-0.2, -0.15) is 0 Å². The topological polar surface area (TPSA) is 109 Å². The second-order valence-corrected chi connectivity index (χ2v) is 9.60. The molecule has 0 unspecified atom stereocenters. The lowest BCUT2D eigenvalue weighted by atomic mass is 9.61. The van der Waals surface area contributed by atoms with Crippen LogP contribution in [0.1, 0.15) is 59.8 Å². The SMILES string of the molecule is C=C1[C@H](OO)CC[C@H](C)[C@@]12CC[C@@H](C(C)(C)O[C@@H]1O[C@H](C)[C@H](O)[C@H](O)[C@H]1O)C2. The molecule has 3 rings (SSSR count). The summed E-state index contributed by atoms with van der Waals surface area (Å²) in [6.07, 6.45) is -1.20. The van der Waals surface area contributed by atoms with Gasteiger partial charge in [0.05, 0.1) is 11.7 Å². The highest BCUT2D eigenvalue weighted by molar-refractivity contribution is 5.23. The van der Waals surface area contributed by atoms with Crippen molar-refractivity contribution in [2.45, 2.75) is 102 Å². The lowest BCUT2D eigenvalue weighted by molar-refractivity contribution is -0.322. The Bertz CT molecular complexity index is 579. The molecular formula is C21H36O7. The predicted octanol–water partition coefficient (Wildman–Crippen LogP) is 2.24. The van der Waals surface area contributed by atoms with E-state index in [1.807, 2.05) is 13.8 Å². The maximum atomic E-state index is 10.3. The summed E-state index contributed by atoms with van der Waals surface area (Å²) in [6.45, 7) is 12.1. The molecule has 0 radical (unpaired) electrons. The second kappa shape index (κ2) is 7.95. The van der Waals surface area contributed by atoms with Gasteiger partial charge in [0, 0.05) is 0 Å². The third-order valence-electron chi connectivity index (χ3n) is 7.72. The maximum absolute atomic E-state index is 10.3. The fourth-order valence-corrected chi connectivity index (χ4v) is 5.52. The number of hydrogen-bond acceptors (Lipinski definition) is 7. The highest BCUT2D eigenvalue weighted by Crippen LogP contribution is 2.59. The summed E-state index contributed by atoms with van der Waals surface area (Å²) in [5.41, 5.74) is 0.267. The van der Waals surface area contributed by atoms with Crippen molar-refractivity contribution in [2.75, 3.05) is 0 Å². The molecule has 1 heterocycles. The van der Waals surface area contributed by atoms with Gasteiger partial charge >= 0.3 is 0 Å². The summed E-state index contributed by atoms with van der Waals surface area (Å²) >= 11 is 0. The number of ether oxygens (including phenoxy) is 2. The standard InChI is InChI=1S/C21H36O7/c1-11-6-7-15(28-25)12(2)21(11)9-8-14(10-21)20(4,5)27-19-18(24)17(23)16(22)13(3)26-19/h11,13-19,22-25H,2,6-10H2,1,3-5H3/t11-,13+,14+,15+,16-,17-,18+,19-,21-/m0/s1. The van der Waals surface area contributed by atoms with Crippen molar-refractivity contribution in [1.29, 1.82) is 0 Å². The second-order valence-electron chi connectivity index (χ2n) is 9.60. The molecule has 0 aromatic heterocycles. The monoisotopic (exact) mass is 400 g/mol. The van der Waals surface area contributed by atoms with Crippen LogP contribution in [0.15, 0.2) is 12.2 Å². The summed E-state index contributed by atoms with van der Waals surface area (Å²) in [4.78, 5) is 4.69. The van der Waals surface area contributed by atoms with Gasteiger partial charge in [-0.1, -0.05) is 13.5 Å². The van der Waals surface area contributed by atoms with Crippen LogP contribution in [-0.2, 0) is 14.4 Å². The third-order valence-corrected chi connectivity index (χ3v) is 7.72. The van der Waals surface area contributed by atoms with Crippen molar-refractivity contribution >= 4 is 0 Å². The molecular weight excluding hydrogens is 364 g/mol. The number of rotatable bonds is 4. The highest BCUT2D eigenvalue weighted by atomic mass is 17.1. The minimum absolute atomic E-state index is 0.0913. The van der Waals surface area contributed by atoms with E-state index in [9.17, 15) is 20.6 Å². The molecule has 7 nitrogen and oxygen atoms in total. The first-order valence-corrected chi connectivity index (χ1v) is 10.4. The predicted molar refractivity (Wildman–Crippen MR) is 102 cm³/mol. The molecule has 2 saturated carbocycles. The van der Waals surface area contributed by atoms with E-state index in [1.54, 1.807) is 6.92 Å². The van der Waals surface area contributed by atoms with Crippen molar-refractivity contribution in [3.05, 3.63) is 12.2 Å². The van der Waals surface area contributed by atoms with Crippen LogP contribution >= 0.6 is 0 Å². The molecule has 162 valence electrons. The van der Waals surface area contributed by atoms with E-state index >= 15 is 0 Å². The molecule has 0 amide bonds. The Morgan fingerprint density at radius 2 is 1.75 bits per heavy atom. The molecule has 3 fully saturated rings. The Balaban J connectivity index is 1.72. The lowest BCUT2D eigenvalue weighted by Crippen LogP contribution is -2.59. The van der Waals surface area contributed by atoms with E-state index in [0.29, 0.717) is 5.92 Å². The number of aliphatic hydroxyl groups is 3. The molecule has 9 atom stereocenters. The molecule has 4 N–H and O–H groups in total. The maximum Gasteiger partial charge on any atom is 0.187 e. The minimum atomic E-state index is -1.31. The van der Waals surface area contributed by atoms with Crippen LogP contribution in [0.4, 0.5) is 0 Å². The van der Waals surface area contributed by atoms with Crippen molar-refractivity contribution < 1.29 is 34.9 Å². The Kier molecular flexibility index (Phi) is 6.29. The van der Waals surface area contributed by atoms with Gasteiger partial charge in [-0.25, -0.2) is 4.89 Å². The Morgan fingerprint density at radius 3 is 2.39 bits per heavy atom. The van der Waals surface area contributed by atoms with E-state index in [1.165, 1.54) is 0 Å². The average Bonchev–Trinajstić information content (AvgIpc) is 3.10. The van der Waals surface area contributed by atoms with Gasteiger partial charge in [0.25, 0.3) is 0 Å². The lowest BCUT2D eigenvalue weighted by Gasteiger charge is -2.46. The molecule has 0 bridgehead atoms. The van der Waals surface area contributed by atoms with Crippen molar-refractivity contribution in [1.82, 2.24) is 0 Å². The summed E-state index contributed by atoms with van der Waals surface area (Å²) in [6, 6.07) is 0. The van der Waals surface area contributed by atoms with Gasteiger partial charge < -0.3 is 24.8 Å². The molecule has 7 heteroatoms. The number of aliphatic hydroxyl groups excluding tert-OH is 3. The van der Waals surface area contributed by atoms with E-state index in [4.69, 9.17) is 14.4 Å². The third kappa shape index (κ3) is 3.67. The van der Waals surface area contributed by atoms with Crippen LogP contribution in [0.2, 0.25) is 0 Å². The van der Waals surface area contributed by atoms with Gasteiger partial charge in [0.1, 0.15) is 24.4 Å². The molecule has 3 aliphatic rings. The highest BCUT2D eigenvalue weighted by Gasteiger charge is 2.54. The zero-order valence-electron chi connectivity index (χ0n) is 17.4. The van der Waals surface area contributed by atoms with Crippen molar-refractivity contribution in [3.63, 3.8) is 0 Å². The largest absolute Gasteiger partial charge is 0.388 e. The fraction of sp³-hybridized carbons (Fsp3) is 0.905. The van der Waals surface area contributed by atoms with Crippen molar-refractivity contribution in [2.24, 2.45) is 17.3 Å². The molecule has 1 saturated heterocycles. The van der Waals surface area contributed by atoms with Crippen LogP contribution < -0.4 is 0 Å². The van der Waals surface area contributed by atoms with Crippen LogP contribution in [0.5, 0.6) is 0 Å². The Labute approximate surface area is 167 Å². The summed E-state index contributed by atoms with van der Waals surface area (Å²) in [5.74, 6) is 0.639. The van der Waals surface area contributed by atoms with E-state index in [2.05, 4.69) is 13.5 Å². The molecule has 28 heavy (non-hydrogen) atoms. The van der Waals surface area contributed by atoms with Crippen LogP contribution in [0.25, 0.3) is 0 Å².